The topological polar surface area (TPSA) is 78.0 Å². The Balaban J connectivity index is 1.87. The van der Waals surface area contributed by atoms with Crippen molar-refractivity contribution in [3.63, 3.8) is 0 Å². The maximum atomic E-state index is 6.19. The Bertz CT molecular complexity index is 850. The van der Waals surface area contributed by atoms with Crippen molar-refractivity contribution >= 4 is 16.9 Å². The summed E-state index contributed by atoms with van der Waals surface area (Å²) in [5.74, 6) is 1.36. The van der Waals surface area contributed by atoms with Crippen LogP contribution in [-0.4, -0.2) is 34.7 Å². The summed E-state index contributed by atoms with van der Waals surface area (Å²) in [5.41, 5.74) is 9.27. The number of nitrogens with zero attached hydrogens (tertiary/aromatic N) is 3. The highest BCUT2D eigenvalue weighted by atomic mass is 16.5. The molecule has 0 bridgehead atoms. The van der Waals surface area contributed by atoms with Gasteiger partial charge in [0, 0.05) is 17.8 Å². The Morgan fingerprint density at radius 2 is 1.92 bits per heavy atom. The second kappa shape index (κ2) is 6.13. The average molecular weight is 323 g/mol. The maximum Gasteiger partial charge on any atom is 0.146 e. The van der Waals surface area contributed by atoms with Crippen molar-refractivity contribution in [2.24, 2.45) is 0 Å². The average Bonchev–Trinajstić information content (AvgIpc) is 3.04. The van der Waals surface area contributed by atoms with Crippen LogP contribution in [-0.2, 0) is 0 Å². The Morgan fingerprint density at radius 3 is 2.62 bits per heavy atom. The number of anilines is 1. The van der Waals surface area contributed by atoms with Gasteiger partial charge >= 0.3 is 0 Å². The van der Waals surface area contributed by atoms with Crippen LogP contribution in [0.5, 0.6) is 5.75 Å². The van der Waals surface area contributed by atoms with Crippen molar-refractivity contribution < 1.29 is 4.74 Å². The van der Waals surface area contributed by atoms with E-state index in [9.17, 15) is 0 Å². The SMILES string of the molecule is COc1ccc(-c2cn(C3CCNCC3)c3ncnc(N)c23)cc1. The number of methoxy groups -OCH3 is 1. The minimum atomic E-state index is 0.440. The van der Waals surface area contributed by atoms with Gasteiger partial charge in [0.05, 0.1) is 12.5 Å². The van der Waals surface area contributed by atoms with Gasteiger partial charge in [0.15, 0.2) is 0 Å². The molecule has 124 valence electrons. The quantitative estimate of drug-likeness (QED) is 0.775. The zero-order chi connectivity index (χ0) is 16.5. The summed E-state index contributed by atoms with van der Waals surface area (Å²) in [4.78, 5) is 8.73. The summed E-state index contributed by atoms with van der Waals surface area (Å²) in [6, 6.07) is 8.46. The molecule has 0 radical (unpaired) electrons. The van der Waals surface area contributed by atoms with E-state index in [1.165, 1.54) is 0 Å². The predicted octanol–water partition coefficient (Wildman–Crippen LogP) is 2.61. The molecule has 6 heteroatoms. The lowest BCUT2D eigenvalue weighted by molar-refractivity contribution is 0.375. The minimum Gasteiger partial charge on any atom is -0.497 e. The van der Waals surface area contributed by atoms with E-state index >= 15 is 0 Å². The number of benzene rings is 1. The highest BCUT2D eigenvalue weighted by Gasteiger charge is 2.21. The van der Waals surface area contributed by atoms with Crippen molar-refractivity contribution in [1.29, 1.82) is 0 Å². The van der Waals surface area contributed by atoms with Crippen LogP contribution in [0.25, 0.3) is 22.2 Å². The Kier molecular flexibility index (Phi) is 3.82. The van der Waals surface area contributed by atoms with E-state index < -0.39 is 0 Å². The third-order valence-corrected chi connectivity index (χ3v) is 4.74. The van der Waals surface area contributed by atoms with Gasteiger partial charge in [-0.1, -0.05) is 12.1 Å². The fraction of sp³-hybridized carbons (Fsp3) is 0.333. The molecule has 3 heterocycles. The molecule has 4 rings (SSSR count). The summed E-state index contributed by atoms with van der Waals surface area (Å²) in [5, 5.41) is 4.34. The van der Waals surface area contributed by atoms with Crippen LogP contribution in [0.1, 0.15) is 18.9 Å². The van der Waals surface area contributed by atoms with Gasteiger partial charge in [-0.3, -0.25) is 0 Å². The maximum absolute atomic E-state index is 6.19. The van der Waals surface area contributed by atoms with Crippen LogP contribution in [0, 0.1) is 0 Å². The Hall–Kier alpha value is -2.60. The van der Waals surface area contributed by atoms with Gasteiger partial charge in [-0.2, -0.15) is 0 Å². The summed E-state index contributed by atoms with van der Waals surface area (Å²) in [6.45, 7) is 2.06. The summed E-state index contributed by atoms with van der Waals surface area (Å²) in [6.07, 6.45) is 5.91. The molecular weight excluding hydrogens is 302 g/mol. The van der Waals surface area contributed by atoms with Gasteiger partial charge in [-0.05, 0) is 43.6 Å². The van der Waals surface area contributed by atoms with Gasteiger partial charge in [0.2, 0.25) is 0 Å². The number of nitrogens with two attached hydrogens (primary N) is 1. The van der Waals surface area contributed by atoms with Crippen molar-refractivity contribution in [2.75, 3.05) is 25.9 Å². The van der Waals surface area contributed by atoms with Gasteiger partial charge in [0.1, 0.15) is 23.5 Å². The van der Waals surface area contributed by atoms with E-state index in [4.69, 9.17) is 10.5 Å². The standard InChI is InChI=1S/C18H21N5O/c1-24-14-4-2-12(3-5-14)15-10-23(13-6-8-20-9-7-13)18-16(15)17(19)21-11-22-18/h2-5,10-11,13,20H,6-9H2,1H3,(H2,19,21,22). The minimum absolute atomic E-state index is 0.440. The molecule has 0 unspecified atom stereocenters. The first kappa shape index (κ1) is 15.0. The molecule has 0 spiro atoms. The lowest BCUT2D eigenvalue weighted by Gasteiger charge is -2.24. The van der Waals surface area contributed by atoms with Crippen LogP contribution in [0.4, 0.5) is 5.82 Å². The first-order valence-electron chi connectivity index (χ1n) is 8.24. The molecule has 1 aromatic carbocycles. The zero-order valence-corrected chi connectivity index (χ0v) is 13.7. The van der Waals surface area contributed by atoms with E-state index in [2.05, 4.69) is 26.0 Å². The number of ether oxygens (including phenoxy) is 1. The molecule has 1 saturated heterocycles. The van der Waals surface area contributed by atoms with E-state index in [-0.39, 0.29) is 0 Å². The van der Waals surface area contributed by atoms with Crippen LogP contribution in [0.15, 0.2) is 36.8 Å². The Morgan fingerprint density at radius 1 is 1.17 bits per heavy atom. The second-order valence-corrected chi connectivity index (χ2v) is 6.12. The molecule has 3 N–H and O–H groups in total. The van der Waals surface area contributed by atoms with E-state index in [0.29, 0.717) is 11.9 Å². The number of hydrogen-bond acceptors (Lipinski definition) is 5. The molecular formula is C18H21N5O. The number of aromatic nitrogens is 3. The van der Waals surface area contributed by atoms with E-state index in [1.54, 1.807) is 13.4 Å². The fourth-order valence-corrected chi connectivity index (χ4v) is 3.46. The zero-order valence-electron chi connectivity index (χ0n) is 13.7. The molecule has 1 aliphatic rings. The van der Waals surface area contributed by atoms with Crippen LogP contribution in [0.3, 0.4) is 0 Å². The molecule has 0 saturated carbocycles. The first-order chi connectivity index (χ1) is 11.8. The molecule has 0 amide bonds. The summed E-state index contributed by atoms with van der Waals surface area (Å²) in [7, 11) is 1.67. The summed E-state index contributed by atoms with van der Waals surface area (Å²) < 4.78 is 7.53. The monoisotopic (exact) mass is 323 g/mol. The van der Waals surface area contributed by atoms with Gasteiger partial charge in [-0.15, -0.1) is 0 Å². The van der Waals surface area contributed by atoms with Crippen molar-refractivity contribution in [1.82, 2.24) is 19.9 Å². The predicted molar refractivity (Wildman–Crippen MR) is 95.1 cm³/mol. The highest BCUT2D eigenvalue weighted by molar-refractivity contribution is 6.00. The molecule has 3 aromatic rings. The first-order valence-corrected chi connectivity index (χ1v) is 8.24. The molecule has 0 aliphatic carbocycles. The molecule has 1 aliphatic heterocycles. The fourth-order valence-electron chi connectivity index (χ4n) is 3.46. The molecule has 2 aromatic heterocycles. The summed E-state index contributed by atoms with van der Waals surface area (Å²) >= 11 is 0. The lowest BCUT2D eigenvalue weighted by Crippen LogP contribution is -2.29. The highest BCUT2D eigenvalue weighted by Crippen LogP contribution is 2.36. The molecule has 1 fully saturated rings. The van der Waals surface area contributed by atoms with Crippen molar-refractivity contribution in [3.05, 3.63) is 36.8 Å². The third kappa shape index (κ3) is 2.49. The Labute approximate surface area is 140 Å². The van der Waals surface area contributed by atoms with Gasteiger partial charge < -0.3 is 20.4 Å². The van der Waals surface area contributed by atoms with Gasteiger partial charge in [0.25, 0.3) is 0 Å². The van der Waals surface area contributed by atoms with Crippen LogP contribution >= 0.6 is 0 Å². The molecule has 6 nitrogen and oxygen atoms in total. The number of fused-ring (bicyclic) bond motifs is 1. The second-order valence-electron chi connectivity index (χ2n) is 6.12. The van der Waals surface area contributed by atoms with Crippen molar-refractivity contribution in [2.45, 2.75) is 18.9 Å². The number of nitrogens with one attached hydrogen (secondary N) is 1. The number of hydrogen-bond donors (Lipinski definition) is 2. The third-order valence-electron chi connectivity index (χ3n) is 4.74. The van der Waals surface area contributed by atoms with E-state index in [1.807, 2.05) is 24.3 Å². The normalized spacial score (nSPS) is 15.7. The lowest BCUT2D eigenvalue weighted by atomic mass is 10.1. The van der Waals surface area contributed by atoms with Gasteiger partial charge in [-0.25, -0.2) is 9.97 Å². The number of nitrogen functional groups attached to an aromatic ring is 1. The van der Waals surface area contributed by atoms with Crippen LogP contribution in [0.2, 0.25) is 0 Å². The van der Waals surface area contributed by atoms with Crippen LogP contribution < -0.4 is 15.8 Å². The van der Waals surface area contributed by atoms with E-state index in [0.717, 1.165) is 53.8 Å². The number of rotatable bonds is 3. The smallest absolute Gasteiger partial charge is 0.146 e. The number of piperidine rings is 1. The molecule has 24 heavy (non-hydrogen) atoms. The van der Waals surface area contributed by atoms with Crippen molar-refractivity contribution in [3.8, 4) is 16.9 Å². The largest absolute Gasteiger partial charge is 0.497 e. The molecule has 0 atom stereocenters.